The van der Waals surface area contributed by atoms with Gasteiger partial charge in [-0.25, -0.2) is 9.59 Å². The minimum atomic E-state index is -0.388. The fourth-order valence-corrected chi connectivity index (χ4v) is 4.04. The van der Waals surface area contributed by atoms with Crippen LogP contribution in [0.5, 0.6) is 5.75 Å². The number of nitrogens with zero attached hydrogens (tertiary/aromatic N) is 2. The third kappa shape index (κ3) is 5.49. The molecule has 1 aliphatic heterocycles. The maximum atomic E-state index is 13.4. The van der Waals surface area contributed by atoms with Crippen LogP contribution in [0.1, 0.15) is 23.1 Å². The van der Waals surface area contributed by atoms with E-state index < -0.39 is 0 Å². The number of methoxy groups -OCH3 is 1. The molecule has 0 saturated carbocycles. The second kappa shape index (κ2) is 10.3. The van der Waals surface area contributed by atoms with E-state index in [0.29, 0.717) is 42.4 Å². The van der Waals surface area contributed by atoms with Crippen molar-refractivity contribution in [1.29, 1.82) is 0 Å². The Morgan fingerprint density at radius 3 is 2.47 bits per heavy atom. The largest absolute Gasteiger partial charge is 0.497 e. The van der Waals surface area contributed by atoms with Crippen molar-refractivity contribution in [2.75, 3.05) is 35.7 Å². The zero-order chi connectivity index (χ0) is 24.1. The summed E-state index contributed by atoms with van der Waals surface area (Å²) in [7, 11) is 1.58. The summed E-state index contributed by atoms with van der Waals surface area (Å²) < 4.78 is 5.22. The highest BCUT2D eigenvalue weighted by Gasteiger charge is 2.28. The van der Waals surface area contributed by atoms with Gasteiger partial charge in [-0.2, -0.15) is 0 Å². The van der Waals surface area contributed by atoms with E-state index in [1.54, 1.807) is 24.1 Å². The van der Waals surface area contributed by atoms with Crippen LogP contribution in [0.3, 0.4) is 0 Å². The molecule has 7 nitrogen and oxygen atoms in total. The maximum Gasteiger partial charge on any atom is 0.324 e. The predicted octanol–water partition coefficient (Wildman–Crippen LogP) is 5.79. The minimum absolute atomic E-state index is 0.0630. The quantitative estimate of drug-likeness (QED) is 0.491. The molecule has 3 aromatic carbocycles. The summed E-state index contributed by atoms with van der Waals surface area (Å²) in [6.45, 7) is 5.86. The first-order valence-corrected chi connectivity index (χ1v) is 11.4. The molecule has 4 amide bonds. The van der Waals surface area contributed by atoms with E-state index in [-0.39, 0.29) is 12.1 Å². The summed E-state index contributed by atoms with van der Waals surface area (Å²) in [5.74, 6) is 0.654. The molecular weight excluding hydrogens is 428 g/mol. The number of urea groups is 2. The number of benzene rings is 3. The number of carbonyl (C=O) groups excluding carboxylic acids is 2. The Bertz CT molecular complexity index is 1180. The number of rotatable bonds is 6. The average molecular weight is 459 g/mol. The van der Waals surface area contributed by atoms with Crippen molar-refractivity contribution >= 4 is 29.1 Å². The predicted molar refractivity (Wildman–Crippen MR) is 136 cm³/mol. The molecule has 0 unspecified atom stereocenters. The molecule has 7 heteroatoms. The summed E-state index contributed by atoms with van der Waals surface area (Å²) >= 11 is 0. The van der Waals surface area contributed by atoms with E-state index >= 15 is 0 Å². The van der Waals surface area contributed by atoms with Gasteiger partial charge in [0, 0.05) is 31.4 Å². The van der Waals surface area contributed by atoms with Crippen molar-refractivity contribution in [2.45, 2.75) is 26.8 Å². The topological polar surface area (TPSA) is 73.9 Å². The zero-order valence-electron chi connectivity index (χ0n) is 19.8. The van der Waals surface area contributed by atoms with Crippen LogP contribution in [0.2, 0.25) is 0 Å². The van der Waals surface area contributed by atoms with Gasteiger partial charge in [0.25, 0.3) is 0 Å². The number of carbonyl (C=O) groups is 2. The highest BCUT2D eigenvalue weighted by molar-refractivity contribution is 6.04. The van der Waals surface area contributed by atoms with Gasteiger partial charge < -0.3 is 20.3 Å². The second-order valence-electron chi connectivity index (χ2n) is 8.53. The average Bonchev–Trinajstić information content (AvgIpc) is 2.82. The van der Waals surface area contributed by atoms with Gasteiger partial charge in [-0.15, -0.1) is 0 Å². The third-order valence-electron chi connectivity index (χ3n) is 5.82. The number of anilines is 3. The van der Waals surface area contributed by atoms with Gasteiger partial charge in [0.2, 0.25) is 0 Å². The first kappa shape index (κ1) is 23.2. The number of amides is 4. The first-order chi connectivity index (χ1) is 16.4. The van der Waals surface area contributed by atoms with E-state index in [0.717, 1.165) is 17.5 Å². The molecule has 0 bridgehead atoms. The van der Waals surface area contributed by atoms with Gasteiger partial charge in [0.1, 0.15) is 5.75 Å². The molecule has 0 aromatic heterocycles. The lowest BCUT2D eigenvalue weighted by molar-refractivity contribution is 0.192. The molecule has 1 heterocycles. The number of ether oxygens (including phenoxy) is 1. The summed E-state index contributed by atoms with van der Waals surface area (Å²) in [5.41, 5.74) is 5.17. The third-order valence-corrected chi connectivity index (χ3v) is 5.82. The molecule has 0 radical (unpaired) electrons. The molecule has 176 valence electrons. The summed E-state index contributed by atoms with van der Waals surface area (Å²) in [5, 5.41) is 5.75. The van der Waals surface area contributed by atoms with Crippen molar-refractivity contribution < 1.29 is 14.3 Å². The zero-order valence-corrected chi connectivity index (χ0v) is 19.8. The molecule has 0 aliphatic carbocycles. The standard InChI is InChI=1S/C27H30N4O3/c1-19-8-11-21(12-9-19)18-30-14-5-15-31(27(30)33)25-13-10-20(2)16-24(25)29-26(32)28-22-6-4-7-23(17-22)34-3/h4,6-13,16-17H,5,14-15,18H2,1-3H3,(H2,28,29,32). The fourth-order valence-electron chi connectivity index (χ4n) is 4.04. The normalized spacial score (nSPS) is 13.6. The van der Waals surface area contributed by atoms with E-state index in [9.17, 15) is 9.59 Å². The summed E-state index contributed by atoms with van der Waals surface area (Å²) in [4.78, 5) is 29.8. The molecule has 4 rings (SSSR count). The Hall–Kier alpha value is -4.00. The Morgan fingerprint density at radius 1 is 0.941 bits per heavy atom. The van der Waals surface area contributed by atoms with Gasteiger partial charge in [-0.1, -0.05) is 42.0 Å². The number of hydrogen-bond donors (Lipinski definition) is 2. The SMILES string of the molecule is COc1cccc(NC(=O)Nc2cc(C)ccc2N2CCCN(Cc3ccc(C)cc3)C2=O)c1. The van der Waals surface area contributed by atoms with Gasteiger partial charge in [-0.05, 0) is 55.7 Å². The smallest absolute Gasteiger partial charge is 0.324 e. The molecule has 1 aliphatic rings. The Balaban J connectivity index is 1.51. The van der Waals surface area contributed by atoms with Crippen LogP contribution in [-0.4, -0.2) is 37.2 Å². The lowest BCUT2D eigenvalue weighted by atomic mass is 10.1. The molecule has 2 N–H and O–H groups in total. The summed E-state index contributed by atoms with van der Waals surface area (Å²) in [6, 6.07) is 20.7. The van der Waals surface area contributed by atoms with Gasteiger partial charge in [0.15, 0.2) is 0 Å². The van der Waals surface area contributed by atoms with Crippen LogP contribution in [-0.2, 0) is 6.54 Å². The van der Waals surface area contributed by atoms with E-state index in [1.165, 1.54) is 5.56 Å². The van der Waals surface area contributed by atoms with Crippen LogP contribution in [0.4, 0.5) is 26.7 Å². The van der Waals surface area contributed by atoms with Crippen LogP contribution >= 0.6 is 0 Å². The molecule has 1 fully saturated rings. The Kier molecular flexibility index (Phi) is 7.01. The van der Waals surface area contributed by atoms with Crippen LogP contribution < -0.4 is 20.3 Å². The van der Waals surface area contributed by atoms with E-state index in [1.807, 2.05) is 49.1 Å². The Labute approximate surface area is 200 Å². The van der Waals surface area contributed by atoms with Crippen LogP contribution in [0.15, 0.2) is 66.7 Å². The van der Waals surface area contributed by atoms with Crippen molar-refractivity contribution in [3.8, 4) is 5.75 Å². The van der Waals surface area contributed by atoms with Gasteiger partial charge >= 0.3 is 12.1 Å². The van der Waals surface area contributed by atoms with Crippen LogP contribution in [0.25, 0.3) is 0 Å². The molecular formula is C27H30N4O3. The van der Waals surface area contributed by atoms with Gasteiger partial charge in [0.05, 0.1) is 18.5 Å². The van der Waals surface area contributed by atoms with Crippen molar-refractivity contribution in [3.63, 3.8) is 0 Å². The highest BCUT2D eigenvalue weighted by atomic mass is 16.5. The van der Waals surface area contributed by atoms with E-state index in [2.05, 4.69) is 34.9 Å². The molecule has 0 spiro atoms. The first-order valence-electron chi connectivity index (χ1n) is 11.4. The summed E-state index contributed by atoms with van der Waals surface area (Å²) in [6.07, 6.45) is 0.848. The van der Waals surface area contributed by atoms with Crippen LogP contribution in [0, 0.1) is 13.8 Å². The molecule has 0 atom stereocenters. The minimum Gasteiger partial charge on any atom is -0.497 e. The fraction of sp³-hybridized carbons (Fsp3) is 0.259. The Morgan fingerprint density at radius 2 is 1.71 bits per heavy atom. The highest BCUT2D eigenvalue weighted by Crippen LogP contribution is 2.30. The van der Waals surface area contributed by atoms with Crippen molar-refractivity contribution in [3.05, 3.63) is 83.4 Å². The van der Waals surface area contributed by atoms with Crippen molar-refractivity contribution in [1.82, 2.24) is 4.90 Å². The second-order valence-corrected chi connectivity index (χ2v) is 8.53. The molecule has 1 saturated heterocycles. The lowest BCUT2D eigenvalue weighted by Crippen LogP contribution is -2.49. The molecule has 34 heavy (non-hydrogen) atoms. The number of nitrogens with one attached hydrogen (secondary N) is 2. The number of hydrogen-bond acceptors (Lipinski definition) is 3. The molecule has 3 aromatic rings. The monoisotopic (exact) mass is 458 g/mol. The van der Waals surface area contributed by atoms with Crippen molar-refractivity contribution in [2.24, 2.45) is 0 Å². The van der Waals surface area contributed by atoms with Gasteiger partial charge in [-0.3, -0.25) is 4.90 Å². The van der Waals surface area contributed by atoms with E-state index in [4.69, 9.17) is 4.74 Å². The maximum absolute atomic E-state index is 13.4. The number of aryl methyl sites for hydroxylation is 2. The lowest BCUT2D eigenvalue weighted by Gasteiger charge is -2.36.